The zero-order chi connectivity index (χ0) is 20.4. The molecule has 0 aliphatic carbocycles. The van der Waals surface area contributed by atoms with Crippen molar-refractivity contribution in [1.29, 1.82) is 0 Å². The topological polar surface area (TPSA) is 75.5 Å². The molecule has 4 rings (SSSR count). The van der Waals surface area contributed by atoms with Gasteiger partial charge in [0.1, 0.15) is 5.69 Å². The second-order valence-electron chi connectivity index (χ2n) is 7.83. The number of hydrogen-bond donors (Lipinski definition) is 0. The lowest BCUT2D eigenvalue weighted by Gasteiger charge is -2.26. The van der Waals surface area contributed by atoms with Gasteiger partial charge in [0.05, 0.1) is 6.54 Å². The van der Waals surface area contributed by atoms with E-state index in [1.165, 1.54) is 16.8 Å². The summed E-state index contributed by atoms with van der Waals surface area (Å²) in [4.78, 5) is 41.4. The van der Waals surface area contributed by atoms with Gasteiger partial charge in [-0.3, -0.25) is 14.4 Å². The van der Waals surface area contributed by atoms with Crippen LogP contribution in [0.25, 0.3) is 0 Å². The molecule has 7 nitrogen and oxygen atoms in total. The lowest BCUT2D eigenvalue weighted by Crippen LogP contribution is -2.38. The molecule has 1 atom stereocenters. The van der Waals surface area contributed by atoms with Crippen LogP contribution in [0.4, 0.5) is 5.69 Å². The number of nitrogens with zero attached hydrogens (tertiary/aromatic N) is 4. The summed E-state index contributed by atoms with van der Waals surface area (Å²) in [6.45, 7) is 3.75. The van der Waals surface area contributed by atoms with Crippen molar-refractivity contribution in [3.63, 3.8) is 0 Å². The summed E-state index contributed by atoms with van der Waals surface area (Å²) >= 11 is 0. The Morgan fingerprint density at radius 2 is 1.83 bits per heavy atom. The van der Waals surface area contributed by atoms with Crippen LogP contribution >= 0.6 is 0 Å². The highest BCUT2D eigenvalue weighted by molar-refractivity contribution is 6.06. The maximum absolute atomic E-state index is 13.1. The van der Waals surface area contributed by atoms with E-state index in [4.69, 9.17) is 0 Å². The zero-order valence-electron chi connectivity index (χ0n) is 16.7. The third-order valence-corrected chi connectivity index (χ3v) is 5.76. The smallest absolute Gasteiger partial charge is 0.278 e. The standard InChI is InChI=1S/C22H26N4O3/c1-16-15-17-7-3-4-8-19(17)26(16)22(29)18-9-10-21(28)25(23-18)14-11-20(27)24-12-5-2-6-13-24/h3-4,7-10,16H,2,5-6,11-15H2,1H3/t16-/m0/s1. The second kappa shape index (κ2) is 8.19. The number of amides is 2. The molecular weight excluding hydrogens is 368 g/mol. The number of carbonyl (C=O) groups is 2. The lowest BCUT2D eigenvalue weighted by atomic mass is 10.1. The number of piperidine rings is 1. The SMILES string of the molecule is C[C@H]1Cc2ccccc2N1C(=O)c1ccc(=O)n(CCC(=O)N2CCCCC2)n1. The molecule has 1 fully saturated rings. The summed E-state index contributed by atoms with van der Waals surface area (Å²) < 4.78 is 1.24. The number of para-hydroxylation sites is 1. The van der Waals surface area contributed by atoms with Crippen LogP contribution in [0.5, 0.6) is 0 Å². The highest BCUT2D eigenvalue weighted by Gasteiger charge is 2.32. The Morgan fingerprint density at radius 3 is 2.62 bits per heavy atom. The van der Waals surface area contributed by atoms with Crippen LogP contribution in [0.15, 0.2) is 41.2 Å². The Labute approximate surface area is 169 Å². The minimum Gasteiger partial charge on any atom is -0.343 e. The van der Waals surface area contributed by atoms with Crippen molar-refractivity contribution in [3.05, 3.63) is 58.0 Å². The van der Waals surface area contributed by atoms with E-state index in [-0.39, 0.29) is 42.1 Å². The number of likely N-dealkylation sites (tertiary alicyclic amines) is 1. The average Bonchev–Trinajstić information content (AvgIpc) is 3.08. The van der Waals surface area contributed by atoms with E-state index in [9.17, 15) is 14.4 Å². The molecule has 0 N–H and O–H groups in total. The minimum atomic E-state index is -0.303. The fraction of sp³-hybridized carbons (Fsp3) is 0.455. The first kappa shape index (κ1) is 19.4. The van der Waals surface area contributed by atoms with Crippen LogP contribution in [-0.2, 0) is 17.8 Å². The Kier molecular flexibility index (Phi) is 5.47. The molecule has 0 bridgehead atoms. The van der Waals surface area contributed by atoms with Crippen molar-refractivity contribution < 1.29 is 9.59 Å². The fourth-order valence-corrected chi connectivity index (χ4v) is 4.22. The second-order valence-corrected chi connectivity index (χ2v) is 7.83. The summed E-state index contributed by atoms with van der Waals surface area (Å²) in [5, 5.41) is 4.28. The molecule has 0 spiro atoms. The zero-order valence-corrected chi connectivity index (χ0v) is 16.7. The Morgan fingerprint density at radius 1 is 1.07 bits per heavy atom. The van der Waals surface area contributed by atoms with E-state index in [0.29, 0.717) is 0 Å². The average molecular weight is 394 g/mol. The van der Waals surface area contributed by atoms with Gasteiger partial charge in [0.2, 0.25) is 5.91 Å². The quantitative estimate of drug-likeness (QED) is 0.797. The number of anilines is 1. The Hall–Kier alpha value is -2.96. The highest BCUT2D eigenvalue weighted by atomic mass is 16.2. The number of aryl methyl sites for hydroxylation is 1. The van der Waals surface area contributed by atoms with Gasteiger partial charge in [-0.1, -0.05) is 18.2 Å². The number of carbonyl (C=O) groups excluding carboxylic acids is 2. The molecule has 29 heavy (non-hydrogen) atoms. The summed E-state index contributed by atoms with van der Waals surface area (Å²) in [7, 11) is 0. The van der Waals surface area contributed by atoms with E-state index < -0.39 is 0 Å². The maximum atomic E-state index is 13.1. The molecule has 2 aliphatic heterocycles. The molecule has 1 aromatic carbocycles. The van der Waals surface area contributed by atoms with Crippen molar-refractivity contribution in [1.82, 2.24) is 14.7 Å². The van der Waals surface area contributed by atoms with Crippen molar-refractivity contribution in [3.8, 4) is 0 Å². The third kappa shape index (κ3) is 3.95. The number of fused-ring (bicyclic) bond motifs is 1. The van der Waals surface area contributed by atoms with Crippen LogP contribution in [0.3, 0.4) is 0 Å². The molecule has 0 saturated carbocycles. The number of rotatable bonds is 4. The maximum Gasteiger partial charge on any atom is 0.278 e. The van der Waals surface area contributed by atoms with E-state index in [2.05, 4.69) is 5.10 Å². The van der Waals surface area contributed by atoms with Crippen LogP contribution in [-0.4, -0.2) is 45.6 Å². The molecule has 0 unspecified atom stereocenters. The molecular formula is C22H26N4O3. The van der Waals surface area contributed by atoms with Crippen molar-refractivity contribution in [2.45, 2.75) is 51.6 Å². The minimum absolute atomic E-state index is 0.0303. The predicted octanol–water partition coefficient (Wildman–Crippen LogP) is 2.24. The normalized spacial score (nSPS) is 18.6. The molecule has 1 saturated heterocycles. The van der Waals surface area contributed by atoms with Gasteiger partial charge in [0.15, 0.2) is 0 Å². The predicted molar refractivity (Wildman–Crippen MR) is 110 cm³/mol. The number of hydrogen-bond acceptors (Lipinski definition) is 4. The highest BCUT2D eigenvalue weighted by Crippen LogP contribution is 2.32. The van der Waals surface area contributed by atoms with E-state index in [1.807, 2.05) is 36.1 Å². The van der Waals surface area contributed by atoms with Crippen molar-refractivity contribution in [2.75, 3.05) is 18.0 Å². The van der Waals surface area contributed by atoms with Crippen LogP contribution < -0.4 is 10.5 Å². The lowest BCUT2D eigenvalue weighted by molar-refractivity contribution is -0.132. The fourth-order valence-electron chi connectivity index (χ4n) is 4.22. The van der Waals surface area contributed by atoms with Gasteiger partial charge in [0.25, 0.3) is 11.5 Å². The first-order valence-electron chi connectivity index (χ1n) is 10.3. The van der Waals surface area contributed by atoms with Crippen LogP contribution in [0.2, 0.25) is 0 Å². The van der Waals surface area contributed by atoms with Gasteiger partial charge in [-0.2, -0.15) is 5.10 Å². The van der Waals surface area contributed by atoms with Crippen LogP contribution in [0, 0.1) is 0 Å². The third-order valence-electron chi connectivity index (χ3n) is 5.76. The van der Waals surface area contributed by atoms with Crippen molar-refractivity contribution in [2.24, 2.45) is 0 Å². The van der Waals surface area contributed by atoms with Crippen LogP contribution in [0.1, 0.15) is 48.7 Å². The van der Waals surface area contributed by atoms with Crippen molar-refractivity contribution >= 4 is 17.5 Å². The number of benzene rings is 1. The van der Waals surface area contributed by atoms with E-state index in [1.54, 1.807) is 4.90 Å². The monoisotopic (exact) mass is 394 g/mol. The van der Waals surface area contributed by atoms with Gasteiger partial charge in [-0.25, -0.2) is 4.68 Å². The number of aromatic nitrogens is 2. The molecule has 0 radical (unpaired) electrons. The molecule has 7 heteroatoms. The summed E-state index contributed by atoms with van der Waals surface area (Å²) in [6.07, 6.45) is 4.24. The molecule has 2 aliphatic rings. The molecule has 2 amide bonds. The van der Waals surface area contributed by atoms with Gasteiger partial charge in [-0.15, -0.1) is 0 Å². The van der Waals surface area contributed by atoms with E-state index in [0.717, 1.165) is 50.0 Å². The summed E-state index contributed by atoms with van der Waals surface area (Å²) in [5.74, 6) is -0.184. The molecule has 3 heterocycles. The van der Waals surface area contributed by atoms with Gasteiger partial charge >= 0.3 is 0 Å². The van der Waals surface area contributed by atoms with Gasteiger partial charge < -0.3 is 9.80 Å². The first-order valence-corrected chi connectivity index (χ1v) is 10.3. The largest absolute Gasteiger partial charge is 0.343 e. The first-order chi connectivity index (χ1) is 14.0. The Balaban J connectivity index is 1.50. The molecule has 2 aromatic rings. The van der Waals surface area contributed by atoms with Gasteiger partial charge in [-0.05, 0) is 50.3 Å². The molecule has 152 valence electrons. The molecule has 1 aromatic heterocycles. The Bertz CT molecular complexity index is 978. The van der Waals surface area contributed by atoms with E-state index >= 15 is 0 Å². The summed E-state index contributed by atoms with van der Waals surface area (Å²) in [6, 6.07) is 10.7. The summed E-state index contributed by atoms with van der Waals surface area (Å²) in [5.41, 5.74) is 1.94. The van der Waals surface area contributed by atoms with Gasteiger partial charge in [0, 0.05) is 37.3 Å².